The maximum absolute atomic E-state index is 12.3. The van der Waals surface area contributed by atoms with Crippen molar-refractivity contribution in [2.45, 2.75) is 19.8 Å². The third kappa shape index (κ3) is 3.32. The van der Waals surface area contributed by atoms with Crippen molar-refractivity contribution in [2.24, 2.45) is 5.92 Å². The molecular weight excluding hydrogens is 312 g/mol. The summed E-state index contributed by atoms with van der Waals surface area (Å²) in [5.74, 6) is 0.472. The highest BCUT2D eigenvalue weighted by Crippen LogP contribution is 2.31. The minimum Gasteiger partial charge on any atom is -0.339 e. The molecule has 1 aliphatic carbocycles. The summed E-state index contributed by atoms with van der Waals surface area (Å²) in [6.07, 6.45) is 2.34. The van der Waals surface area contributed by atoms with E-state index in [-0.39, 0.29) is 11.6 Å². The highest BCUT2D eigenvalue weighted by molar-refractivity contribution is 9.10. The van der Waals surface area contributed by atoms with Crippen LogP contribution in [0.15, 0.2) is 22.7 Å². The molecule has 0 bridgehead atoms. The molecule has 1 aromatic carbocycles. The number of hydrogen-bond donors (Lipinski definition) is 0. The molecule has 0 N–H and O–H groups in total. The van der Waals surface area contributed by atoms with Gasteiger partial charge in [0.05, 0.1) is 9.40 Å². The van der Waals surface area contributed by atoms with E-state index in [0.717, 1.165) is 6.54 Å². The standard InChI is InChI=1S/C13H15BrN2O3/c1-2-15(8-9-3-4-9)13(17)10-5-6-11(14)12(7-10)16(18)19/h5-7,9H,2-4,8H2,1H3. The first kappa shape index (κ1) is 14.0. The summed E-state index contributed by atoms with van der Waals surface area (Å²) in [6.45, 7) is 3.30. The third-order valence-corrected chi connectivity index (χ3v) is 3.90. The van der Waals surface area contributed by atoms with Gasteiger partial charge in [-0.05, 0) is 53.7 Å². The lowest BCUT2D eigenvalue weighted by molar-refractivity contribution is -0.385. The number of hydrogen-bond acceptors (Lipinski definition) is 3. The summed E-state index contributed by atoms with van der Waals surface area (Å²) in [5, 5.41) is 10.9. The van der Waals surface area contributed by atoms with Crippen molar-refractivity contribution in [3.05, 3.63) is 38.3 Å². The van der Waals surface area contributed by atoms with Crippen LogP contribution in [0.1, 0.15) is 30.1 Å². The molecule has 0 heterocycles. The Kier molecular flexibility index (Phi) is 4.19. The number of benzene rings is 1. The Labute approximate surface area is 119 Å². The van der Waals surface area contributed by atoms with Crippen LogP contribution < -0.4 is 0 Å². The lowest BCUT2D eigenvalue weighted by atomic mass is 10.1. The second kappa shape index (κ2) is 5.69. The van der Waals surface area contributed by atoms with E-state index >= 15 is 0 Å². The number of carbonyl (C=O) groups excluding carboxylic acids is 1. The molecule has 0 radical (unpaired) electrons. The second-order valence-corrected chi connectivity index (χ2v) is 5.56. The van der Waals surface area contributed by atoms with Crippen molar-refractivity contribution in [2.75, 3.05) is 13.1 Å². The molecule has 1 saturated carbocycles. The first-order chi connectivity index (χ1) is 9.02. The van der Waals surface area contributed by atoms with Crippen LogP contribution in [0, 0.1) is 16.0 Å². The van der Waals surface area contributed by atoms with Crippen molar-refractivity contribution in [3.63, 3.8) is 0 Å². The molecule has 0 atom stereocenters. The number of nitro benzene ring substituents is 1. The lowest BCUT2D eigenvalue weighted by Gasteiger charge is -2.20. The molecule has 2 rings (SSSR count). The zero-order valence-corrected chi connectivity index (χ0v) is 12.2. The van der Waals surface area contributed by atoms with Gasteiger partial charge < -0.3 is 4.90 Å². The van der Waals surface area contributed by atoms with Crippen LogP contribution in [0.5, 0.6) is 0 Å². The average Bonchev–Trinajstić information content (AvgIpc) is 3.19. The topological polar surface area (TPSA) is 63.5 Å². The van der Waals surface area contributed by atoms with Gasteiger partial charge in [-0.1, -0.05) is 0 Å². The quantitative estimate of drug-likeness (QED) is 0.616. The van der Waals surface area contributed by atoms with Gasteiger partial charge >= 0.3 is 0 Å². The first-order valence-corrected chi connectivity index (χ1v) is 7.05. The molecule has 0 spiro atoms. The van der Waals surface area contributed by atoms with E-state index in [1.807, 2.05) is 6.92 Å². The van der Waals surface area contributed by atoms with Gasteiger partial charge in [-0.2, -0.15) is 0 Å². The molecule has 102 valence electrons. The van der Waals surface area contributed by atoms with Crippen LogP contribution in [0.3, 0.4) is 0 Å². The molecule has 0 aromatic heterocycles. The normalized spacial score (nSPS) is 14.2. The van der Waals surface area contributed by atoms with Crippen LogP contribution in [-0.2, 0) is 0 Å². The summed E-state index contributed by atoms with van der Waals surface area (Å²) in [5.41, 5.74) is 0.297. The predicted octanol–water partition coefficient (Wildman–Crippen LogP) is 3.23. The Morgan fingerprint density at radius 2 is 2.21 bits per heavy atom. The highest BCUT2D eigenvalue weighted by Gasteiger charge is 2.27. The number of carbonyl (C=O) groups is 1. The average molecular weight is 327 g/mol. The van der Waals surface area contributed by atoms with E-state index in [0.29, 0.717) is 22.5 Å². The molecular formula is C13H15BrN2O3. The maximum Gasteiger partial charge on any atom is 0.284 e. The van der Waals surface area contributed by atoms with Crippen LogP contribution in [-0.4, -0.2) is 28.8 Å². The minimum absolute atomic E-state index is 0.0756. The Balaban J connectivity index is 2.21. The van der Waals surface area contributed by atoms with E-state index in [1.165, 1.54) is 18.9 Å². The summed E-state index contributed by atoms with van der Waals surface area (Å²) >= 11 is 3.12. The minimum atomic E-state index is -0.488. The lowest BCUT2D eigenvalue weighted by Crippen LogP contribution is -2.32. The van der Waals surface area contributed by atoms with E-state index in [2.05, 4.69) is 15.9 Å². The Hall–Kier alpha value is -1.43. The summed E-state index contributed by atoms with van der Waals surface area (Å²) in [6, 6.07) is 4.51. The van der Waals surface area contributed by atoms with E-state index in [4.69, 9.17) is 0 Å². The fourth-order valence-electron chi connectivity index (χ4n) is 1.94. The number of halogens is 1. The number of nitrogens with zero attached hydrogens (tertiary/aromatic N) is 2. The maximum atomic E-state index is 12.3. The van der Waals surface area contributed by atoms with Crippen LogP contribution in [0.4, 0.5) is 5.69 Å². The predicted molar refractivity (Wildman–Crippen MR) is 75.1 cm³/mol. The number of amides is 1. The van der Waals surface area contributed by atoms with Crippen molar-refractivity contribution in [3.8, 4) is 0 Å². The molecule has 0 aliphatic heterocycles. The number of nitro groups is 1. The molecule has 1 fully saturated rings. The molecule has 5 nitrogen and oxygen atoms in total. The van der Waals surface area contributed by atoms with Gasteiger partial charge in [0.15, 0.2) is 0 Å². The molecule has 0 unspecified atom stereocenters. The van der Waals surface area contributed by atoms with Crippen molar-refractivity contribution in [1.29, 1.82) is 0 Å². The van der Waals surface area contributed by atoms with E-state index < -0.39 is 4.92 Å². The van der Waals surface area contributed by atoms with Crippen molar-refractivity contribution >= 4 is 27.5 Å². The molecule has 1 amide bonds. The van der Waals surface area contributed by atoms with Gasteiger partial charge in [-0.25, -0.2) is 0 Å². The van der Waals surface area contributed by atoms with Crippen molar-refractivity contribution in [1.82, 2.24) is 4.90 Å². The third-order valence-electron chi connectivity index (χ3n) is 3.23. The van der Waals surface area contributed by atoms with E-state index in [9.17, 15) is 14.9 Å². The largest absolute Gasteiger partial charge is 0.339 e. The Bertz CT molecular complexity index is 515. The van der Waals surface area contributed by atoms with E-state index in [1.54, 1.807) is 17.0 Å². The number of rotatable bonds is 5. The van der Waals surface area contributed by atoms with Crippen LogP contribution >= 0.6 is 15.9 Å². The smallest absolute Gasteiger partial charge is 0.284 e. The van der Waals surface area contributed by atoms with Gasteiger partial charge in [-0.3, -0.25) is 14.9 Å². The van der Waals surface area contributed by atoms with Gasteiger partial charge in [0.1, 0.15) is 0 Å². The SMILES string of the molecule is CCN(CC1CC1)C(=O)c1ccc(Br)c([N+](=O)[O-])c1. The summed E-state index contributed by atoms with van der Waals surface area (Å²) in [7, 11) is 0. The fourth-order valence-corrected chi connectivity index (χ4v) is 2.33. The van der Waals surface area contributed by atoms with Gasteiger partial charge in [0.25, 0.3) is 11.6 Å². The summed E-state index contributed by atoms with van der Waals surface area (Å²) in [4.78, 5) is 24.5. The second-order valence-electron chi connectivity index (χ2n) is 4.71. The zero-order chi connectivity index (χ0) is 14.0. The molecule has 19 heavy (non-hydrogen) atoms. The molecule has 6 heteroatoms. The molecule has 1 aromatic rings. The molecule has 0 saturated heterocycles. The fraction of sp³-hybridized carbons (Fsp3) is 0.462. The molecule has 1 aliphatic rings. The van der Waals surface area contributed by atoms with Gasteiger partial charge in [0, 0.05) is 24.7 Å². The Morgan fingerprint density at radius 1 is 1.53 bits per heavy atom. The highest BCUT2D eigenvalue weighted by atomic mass is 79.9. The zero-order valence-electron chi connectivity index (χ0n) is 10.6. The Morgan fingerprint density at radius 3 is 2.74 bits per heavy atom. The van der Waals surface area contributed by atoms with Crippen LogP contribution in [0.25, 0.3) is 0 Å². The van der Waals surface area contributed by atoms with Crippen LogP contribution in [0.2, 0.25) is 0 Å². The first-order valence-electron chi connectivity index (χ1n) is 6.26. The monoisotopic (exact) mass is 326 g/mol. The van der Waals surface area contributed by atoms with Gasteiger partial charge in [0.2, 0.25) is 0 Å². The summed E-state index contributed by atoms with van der Waals surface area (Å²) < 4.78 is 0.388. The van der Waals surface area contributed by atoms with Crippen molar-refractivity contribution < 1.29 is 9.72 Å². The van der Waals surface area contributed by atoms with Gasteiger partial charge in [-0.15, -0.1) is 0 Å².